The third-order valence-corrected chi connectivity index (χ3v) is 4.02. The Bertz CT molecular complexity index is 328. The Morgan fingerprint density at radius 1 is 1.60 bits per heavy atom. The molecule has 0 bridgehead atoms. The molecule has 0 amide bonds. The van der Waals surface area contributed by atoms with E-state index in [1.807, 2.05) is 0 Å². The van der Waals surface area contributed by atoms with Gasteiger partial charge in [0.2, 0.25) is 0 Å². The summed E-state index contributed by atoms with van der Waals surface area (Å²) in [5.41, 5.74) is 0. The molecule has 90 valence electrons. The van der Waals surface area contributed by atoms with Crippen molar-refractivity contribution >= 4 is 21.2 Å². The van der Waals surface area contributed by atoms with Crippen LogP contribution in [0.15, 0.2) is 0 Å². The molecule has 2 atom stereocenters. The van der Waals surface area contributed by atoms with E-state index in [9.17, 15) is 12.6 Å². The smallest absolute Gasteiger partial charge is 0.267 e. The molecule has 0 radical (unpaired) electrons. The van der Waals surface area contributed by atoms with Crippen LogP contribution in [0.4, 0.5) is 0 Å². The Kier molecular flexibility index (Phi) is 4.65. The largest absolute Gasteiger partial charge is 0.305 e. The lowest BCUT2D eigenvalue weighted by Crippen LogP contribution is -2.28. The van der Waals surface area contributed by atoms with Gasteiger partial charge in [0.1, 0.15) is 5.88 Å². The maximum absolute atomic E-state index is 11.1. The Morgan fingerprint density at radius 2 is 2.27 bits per heavy atom. The fourth-order valence-electron chi connectivity index (χ4n) is 1.42. The van der Waals surface area contributed by atoms with Gasteiger partial charge in [-0.3, -0.25) is 9.08 Å². The first-order valence-corrected chi connectivity index (χ1v) is 7.49. The van der Waals surface area contributed by atoms with Crippen molar-refractivity contribution in [3.8, 4) is 0 Å². The minimum absolute atomic E-state index is 0.0462. The van der Waals surface area contributed by atoms with Crippen molar-refractivity contribution in [2.24, 2.45) is 0 Å². The molecular weight excluding hydrogens is 242 g/mol. The zero-order valence-electron chi connectivity index (χ0n) is 8.46. The molecule has 1 aliphatic heterocycles. The van der Waals surface area contributed by atoms with Crippen molar-refractivity contribution in [1.82, 2.24) is 4.90 Å². The first-order chi connectivity index (χ1) is 6.93. The summed E-state index contributed by atoms with van der Waals surface area (Å²) in [7, 11) is -3.42. The molecule has 1 heterocycles. The van der Waals surface area contributed by atoms with Crippen LogP contribution in [0.1, 0.15) is 13.3 Å². The van der Waals surface area contributed by atoms with Crippen LogP contribution in [-0.4, -0.2) is 52.9 Å². The monoisotopic (exact) mass is 257 g/mol. The van der Waals surface area contributed by atoms with Gasteiger partial charge in [0.05, 0.1) is 11.9 Å². The van der Waals surface area contributed by atoms with Crippen molar-refractivity contribution in [2.75, 3.05) is 24.7 Å². The van der Waals surface area contributed by atoms with Gasteiger partial charge in [-0.25, -0.2) is 4.21 Å². The second-order valence-corrected chi connectivity index (χ2v) is 6.17. The highest BCUT2D eigenvalue weighted by atomic mass is 32.2. The molecule has 0 aliphatic carbocycles. The van der Waals surface area contributed by atoms with Crippen LogP contribution in [0.2, 0.25) is 0 Å². The fraction of sp³-hybridized carbons (Fsp3) is 1.00. The highest BCUT2D eigenvalue weighted by Gasteiger charge is 2.27. The van der Waals surface area contributed by atoms with Gasteiger partial charge >= 0.3 is 0 Å². The molecule has 0 aromatic rings. The lowest BCUT2D eigenvalue weighted by Gasteiger charge is -2.13. The molecular formula is C7H15NO5S2. The predicted octanol–water partition coefficient (Wildman–Crippen LogP) is -0.394. The van der Waals surface area contributed by atoms with Gasteiger partial charge in [0, 0.05) is 13.1 Å². The molecule has 1 N–H and O–H groups in total. The molecule has 8 heteroatoms. The molecule has 15 heavy (non-hydrogen) atoms. The Labute approximate surface area is 92.0 Å². The summed E-state index contributed by atoms with van der Waals surface area (Å²) in [6.45, 7) is 2.51. The zero-order chi connectivity index (χ0) is 11.5. The Balaban J connectivity index is 2.40. The van der Waals surface area contributed by atoms with E-state index in [1.165, 1.54) is 6.92 Å². The van der Waals surface area contributed by atoms with E-state index in [0.29, 0.717) is 19.5 Å². The van der Waals surface area contributed by atoms with Crippen molar-refractivity contribution in [1.29, 1.82) is 0 Å². The summed E-state index contributed by atoms with van der Waals surface area (Å²) in [5, 5.41) is 0. The molecule has 6 nitrogen and oxygen atoms in total. The van der Waals surface area contributed by atoms with E-state index in [0.717, 1.165) is 0 Å². The average molecular weight is 257 g/mol. The van der Waals surface area contributed by atoms with Gasteiger partial charge in [-0.1, -0.05) is 0 Å². The summed E-state index contributed by atoms with van der Waals surface area (Å²) in [4.78, 5) is 1.71. The maximum Gasteiger partial charge on any atom is 0.267 e. The third-order valence-electron chi connectivity index (χ3n) is 2.16. The van der Waals surface area contributed by atoms with E-state index >= 15 is 0 Å². The molecule has 1 rings (SSSR count). The summed E-state index contributed by atoms with van der Waals surface area (Å²) in [5.74, 6) is 0.00145. The minimum Gasteiger partial charge on any atom is -0.305 e. The fourth-order valence-corrected chi connectivity index (χ4v) is 2.68. The molecule has 0 aromatic heterocycles. The van der Waals surface area contributed by atoms with Crippen LogP contribution >= 0.6 is 0 Å². The van der Waals surface area contributed by atoms with E-state index < -0.39 is 21.2 Å². The summed E-state index contributed by atoms with van der Waals surface area (Å²) >= 11 is -1.87. The third kappa shape index (κ3) is 4.56. The number of likely N-dealkylation sites (tertiary alicyclic amines) is 1. The summed E-state index contributed by atoms with van der Waals surface area (Å²) in [6.07, 6.45) is 0.203. The quantitative estimate of drug-likeness (QED) is 0.533. The van der Waals surface area contributed by atoms with Crippen LogP contribution in [0, 0.1) is 0 Å². The molecule has 0 saturated carbocycles. The topological polar surface area (TPSA) is 83.9 Å². The standard InChI is InChI=1S/C7H15NO5S2/c1-2-15(11,12)13-7-3-4-8(5-7)6-14(9)10/h7H,2-6H2,1H3,(H,9,10)/t7-/m0/s1. The van der Waals surface area contributed by atoms with Crippen molar-refractivity contribution in [3.63, 3.8) is 0 Å². The predicted molar refractivity (Wildman–Crippen MR) is 56.2 cm³/mol. The highest BCUT2D eigenvalue weighted by molar-refractivity contribution is 7.86. The van der Waals surface area contributed by atoms with Gasteiger partial charge in [0.25, 0.3) is 10.1 Å². The van der Waals surface area contributed by atoms with Gasteiger partial charge in [0.15, 0.2) is 11.1 Å². The van der Waals surface area contributed by atoms with Crippen molar-refractivity contribution in [3.05, 3.63) is 0 Å². The van der Waals surface area contributed by atoms with Crippen molar-refractivity contribution < 1.29 is 21.4 Å². The number of nitrogens with zero attached hydrogens (tertiary/aromatic N) is 1. The second-order valence-electron chi connectivity index (χ2n) is 3.38. The number of hydrogen-bond acceptors (Lipinski definition) is 5. The molecule has 1 aliphatic rings. The Morgan fingerprint density at radius 3 is 2.80 bits per heavy atom. The number of rotatable bonds is 5. The van der Waals surface area contributed by atoms with Crippen LogP contribution in [0.5, 0.6) is 0 Å². The normalized spacial score (nSPS) is 25.6. The van der Waals surface area contributed by atoms with Crippen LogP contribution in [0.3, 0.4) is 0 Å². The highest BCUT2D eigenvalue weighted by Crippen LogP contribution is 2.15. The molecule has 0 aromatic carbocycles. The molecule has 1 unspecified atom stereocenters. The average Bonchev–Trinajstić information content (AvgIpc) is 2.50. The molecule has 0 spiro atoms. The van der Waals surface area contributed by atoms with E-state index in [1.54, 1.807) is 4.90 Å². The lowest BCUT2D eigenvalue weighted by atomic mass is 10.3. The van der Waals surface area contributed by atoms with E-state index in [-0.39, 0.29) is 17.7 Å². The molecule has 1 saturated heterocycles. The maximum atomic E-state index is 11.1. The van der Waals surface area contributed by atoms with Crippen LogP contribution in [-0.2, 0) is 25.4 Å². The van der Waals surface area contributed by atoms with Gasteiger partial charge in [-0.05, 0) is 13.3 Å². The summed E-state index contributed by atoms with van der Waals surface area (Å²) in [6, 6.07) is 0. The SMILES string of the molecule is CCS(=O)(=O)O[C@H]1CCN(CS(=O)O)C1. The molecule has 1 fully saturated rings. The van der Waals surface area contributed by atoms with Crippen LogP contribution < -0.4 is 0 Å². The Hall–Kier alpha value is -0.0200. The first-order valence-electron chi connectivity index (χ1n) is 4.63. The van der Waals surface area contributed by atoms with E-state index in [4.69, 9.17) is 8.74 Å². The van der Waals surface area contributed by atoms with Gasteiger partial charge in [-0.2, -0.15) is 8.42 Å². The van der Waals surface area contributed by atoms with Crippen molar-refractivity contribution in [2.45, 2.75) is 19.4 Å². The second kappa shape index (κ2) is 5.35. The van der Waals surface area contributed by atoms with Crippen LogP contribution in [0.25, 0.3) is 0 Å². The first kappa shape index (κ1) is 13.0. The summed E-state index contributed by atoms with van der Waals surface area (Å²) < 4.78 is 46.3. The lowest BCUT2D eigenvalue weighted by molar-refractivity contribution is 0.213. The van der Waals surface area contributed by atoms with Gasteiger partial charge < -0.3 is 4.55 Å². The number of hydrogen-bond donors (Lipinski definition) is 1. The van der Waals surface area contributed by atoms with E-state index in [2.05, 4.69) is 0 Å². The minimum atomic E-state index is -3.42. The van der Waals surface area contributed by atoms with Gasteiger partial charge in [-0.15, -0.1) is 0 Å². The zero-order valence-corrected chi connectivity index (χ0v) is 10.1.